The van der Waals surface area contributed by atoms with E-state index in [-0.39, 0.29) is 17.7 Å². The first-order valence-corrected chi connectivity index (χ1v) is 7.03. The van der Waals surface area contributed by atoms with Crippen LogP contribution in [0.2, 0.25) is 0 Å². The predicted octanol–water partition coefficient (Wildman–Crippen LogP) is 3.84. The summed E-state index contributed by atoms with van der Waals surface area (Å²) in [6.45, 7) is 6.02. The molecule has 21 heavy (non-hydrogen) atoms. The van der Waals surface area contributed by atoms with E-state index in [1.165, 1.54) is 5.56 Å². The zero-order valence-corrected chi connectivity index (χ0v) is 12.9. The number of phenolic OH excluding ortho intramolecular Hbond substituents is 1. The molecule has 0 saturated heterocycles. The molecule has 0 saturated carbocycles. The lowest BCUT2D eigenvalue weighted by Crippen LogP contribution is -2.29. The number of carbonyl (C=O) groups excluding carboxylic acids is 1. The SMILES string of the molecule is Cc1ccc(C(=O)N(C)C(C)c2ccc(O)cc2)cc1C. The van der Waals surface area contributed by atoms with Gasteiger partial charge in [-0.15, -0.1) is 0 Å². The monoisotopic (exact) mass is 283 g/mol. The van der Waals surface area contributed by atoms with Crippen molar-refractivity contribution in [2.45, 2.75) is 26.8 Å². The van der Waals surface area contributed by atoms with Crippen molar-refractivity contribution < 1.29 is 9.90 Å². The second kappa shape index (κ2) is 6.00. The summed E-state index contributed by atoms with van der Waals surface area (Å²) in [5.74, 6) is 0.229. The molecule has 2 aromatic carbocycles. The van der Waals surface area contributed by atoms with Gasteiger partial charge in [-0.1, -0.05) is 18.2 Å². The molecule has 0 aromatic heterocycles. The first kappa shape index (κ1) is 15.1. The third-order valence-electron chi connectivity index (χ3n) is 4.03. The van der Waals surface area contributed by atoms with Crippen LogP contribution in [0.1, 0.15) is 40.0 Å². The Labute approximate surface area is 125 Å². The van der Waals surface area contributed by atoms with Crippen molar-refractivity contribution in [2.75, 3.05) is 7.05 Å². The van der Waals surface area contributed by atoms with Gasteiger partial charge in [0.2, 0.25) is 0 Å². The third kappa shape index (κ3) is 3.24. The van der Waals surface area contributed by atoms with Gasteiger partial charge >= 0.3 is 0 Å². The van der Waals surface area contributed by atoms with Gasteiger partial charge < -0.3 is 10.0 Å². The molecule has 3 nitrogen and oxygen atoms in total. The van der Waals surface area contributed by atoms with E-state index in [9.17, 15) is 9.90 Å². The van der Waals surface area contributed by atoms with Crippen molar-refractivity contribution in [3.63, 3.8) is 0 Å². The fourth-order valence-corrected chi connectivity index (χ4v) is 2.23. The van der Waals surface area contributed by atoms with Gasteiger partial charge in [-0.05, 0) is 61.7 Å². The lowest BCUT2D eigenvalue weighted by atomic mass is 10.0. The van der Waals surface area contributed by atoms with Crippen molar-refractivity contribution in [2.24, 2.45) is 0 Å². The molecule has 0 aliphatic carbocycles. The zero-order chi connectivity index (χ0) is 15.6. The first-order chi connectivity index (χ1) is 9.90. The number of carbonyl (C=O) groups is 1. The van der Waals surface area contributed by atoms with E-state index < -0.39 is 0 Å². The largest absolute Gasteiger partial charge is 0.508 e. The molecule has 110 valence electrons. The Morgan fingerprint density at radius 2 is 1.67 bits per heavy atom. The Morgan fingerprint density at radius 3 is 2.24 bits per heavy atom. The normalized spacial score (nSPS) is 12.0. The molecule has 1 unspecified atom stereocenters. The van der Waals surface area contributed by atoms with Crippen molar-refractivity contribution in [1.29, 1.82) is 0 Å². The lowest BCUT2D eigenvalue weighted by molar-refractivity contribution is 0.0742. The molecule has 0 heterocycles. The Morgan fingerprint density at radius 1 is 1.05 bits per heavy atom. The van der Waals surface area contributed by atoms with E-state index in [4.69, 9.17) is 0 Å². The number of rotatable bonds is 3. The van der Waals surface area contributed by atoms with Crippen LogP contribution in [0.5, 0.6) is 5.75 Å². The van der Waals surface area contributed by atoms with Crippen molar-refractivity contribution in [3.8, 4) is 5.75 Å². The molecule has 1 amide bonds. The van der Waals surface area contributed by atoms with Crippen molar-refractivity contribution in [3.05, 3.63) is 64.7 Å². The van der Waals surface area contributed by atoms with Crippen LogP contribution >= 0.6 is 0 Å². The molecule has 2 rings (SSSR count). The van der Waals surface area contributed by atoms with Gasteiger partial charge in [-0.3, -0.25) is 4.79 Å². The van der Waals surface area contributed by atoms with Crippen LogP contribution in [-0.2, 0) is 0 Å². The molecule has 0 bridgehead atoms. The van der Waals surface area contributed by atoms with Crippen LogP contribution in [0.4, 0.5) is 0 Å². The Balaban J connectivity index is 2.21. The zero-order valence-electron chi connectivity index (χ0n) is 12.9. The summed E-state index contributed by atoms with van der Waals surface area (Å²) >= 11 is 0. The summed E-state index contributed by atoms with van der Waals surface area (Å²) < 4.78 is 0. The smallest absolute Gasteiger partial charge is 0.254 e. The molecule has 0 spiro atoms. The van der Waals surface area contributed by atoms with Gasteiger partial charge in [0.05, 0.1) is 6.04 Å². The number of nitrogens with zero attached hydrogens (tertiary/aromatic N) is 1. The first-order valence-electron chi connectivity index (χ1n) is 7.03. The minimum absolute atomic E-state index is 0.00123. The quantitative estimate of drug-likeness (QED) is 0.929. The van der Waals surface area contributed by atoms with E-state index in [1.807, 2.05) is 51.1 Å². The maximum absolute atomic E-state index is 12.6. The number of phenols is 1. The minimum Gasteiger partial charge on any atom is -0.508 e. The molecule has 0 aliphatic heterocycles. The molecule has 1 atom stereocenters. The van der Waals surface area contributed by atoms with E-state index in [0.29, 0.717) is 5.56 Å². The second-order valence-electron chi connectivity index (χ2n) is 5.48. The van der Waals surface area contributed by atoms with Crippen LogP contribution in [0.3, 0.4) is 0 Å². The highest BCUT2D eigenvalue weighted by Crippen LogP contribution is 2.23. The van der Waals surface area contributed by atoms with Gasteiger partial charge in [-0.2, -0.15) is 0 Å². The van der Waals surface area contributed by atoms with Crippen LogP contribution < -0.4 is 0 Å². The fraction of sp³-hybridized carbons (Fsp3) is 0.278. The molecule has 2 aromatic rings. The highest BCUT2D eigenvalue weighted by molar-refractivity contribution is 5.94. The van der Waals surface area contributed by atoms with Crippen molar-refractivity contribution in [1.82, 2.24) is 4.90 Å². The number of aromatic hydroxyl groups is 1. The van der Waals surface area contributed by atoms with Crippen molar-refractivity contribution >= 4 is 5.91 Å². The average Bonchev–Trinajstić information content (AvgIpc) is 2.48. The van der Waals surface area contributed by atoms with E-state index >= 15 is 0 Å². The highest BCUT2D eigenvalue weighted by Gasteiger charge is 2.19. The maximum atomic E-state index is 12.6. The van der Waals surface area contributed by atoms with Gasteiger partial charge in [0.1, 0.15) is 5.75 Å². The molecule has 0 aliphatic rings. The molecule has 1 N–H and O–H groups in total. The topological polar surface area (TPSA) is 40.5 Å². The van der Waals surface area contributed by atoms with Gasteiger partial charge in [0, 0.05) is 12.6 Å². The number of benzene rings is 2. The summed E-state index contributed by atoms with van der Waals surface area (Å²) in [7, 11) is 1.80. The summed E-state index contributed by atoms with van der Waals surface area (Å²) in [5.41, 5.74) is 3.99. The van der Waals surface area contributed by atoms with Crippen LogP contribution in [0.15, 0.2) is 42.5 Å². The fourth-order valence-electron chi connectivity index (χ4n) is 2.23. The number of hydrogen-bond donors (Lipinski definition) is 1. The number of hydrogen-bond acceptors (Lipinski definition) is 2. The average molecular weight is 283 g/mol. The standard InChI is InChI=1S/C18H21NO2/c1-12-5-6-16(11-13(12)2)18(21)19(4)14(3)15-7-9-17(20)10-8-15/h5-11,14,20H,1-4H3. The Kier molecular flexibility index (Phi) is 4.32. The van der Waals surface area contributed by atoms with E-state index in [1.54, 1.807) is 24.1 Å². The van der Waals surface area contributed by atoms with Gasteiger partial charge in [0.15, 0.2) is 0 Å². The minimum atomic E-state index is -0.0558. The highest BCUT2D eigenvalue weighted by atomic mass is 16.3. The molecular formula is C18H21NO2. The maximum Gasteiger partial charge on any atom is 0.254 e. The summed E-state index contributed by atoms with van der Waals surface area (Å²) in [5, 5.41) is 9.34. The summed E-state index contributed by atoms with van der Waals surface area (Å²) in [6.07, 6.45) is 0. The second-order valence-corrected chi connectivity index (χ2v) is 5.48. The summed E-state index contributed by atoms with van der Waals surface area (Å²) in [4.78, 5) is 14.3. The Hall–Kier alpha value is -2.29. The third-order valence-corrected chi connectivity index (χ3v) is 4.03. The van der Waals surface area contributed by atoms with E-state index in [2.05, 4.69) is 0 Å². The Bertz CT molecular complexity index is 647. The van der Waals surface area contributed by atoms with E-state index in [0.717, 1.165) is 11.1 Å². The molecule has 3 heteroatoms. The van der Waals surface area contributed by atoms with Gasteiger partial charge in [-0.25, -0.2) is 0 Å². The number of aryl methyl sites for hydroxylation is 2. The summed E-state index contributed by atoms with van der Waals surface area (Å²) in [6, 6.07) is 12.7. The van der Waals surface area contributed by atoms with Crippen LogP contribution in [-0.4, -0.2) is 23.0 Å². The molecular weight excluding hydrogens is 262 g/mol. The van der Waals surface area contributed by atoms with Crippen LogP contribution in [0, 0.1) is 13.8 Å². The van der Waals surface area contributed by atoms with Gasteiger partial charge in [0.25, 0.3) is 5.91 Å². The van der Waals surface area contributed by atoms with Crippen LogP contribution in [0.25, 0.3) is 0 Å². The number of amides is 1. The lowest BCUT2D eigenvalue weighted by Gasteiger charge is -2.25. The predicted molar refractivity (Wildman–Crippen MR) is 84.5 cm³/mol. The molecule has 0 radical (unpaired) electrons. The molecule has 0 fully saturated rings.